The molecule has 33 heavy (non-hydrogen) atoms. The van der Waals surface area contributed by atoms with Gasteiger partial charge in [0.2, 0.25) is 0 Å². The van der Waals surface area contributed by atoms with E-state index in [1.165, 1.54) is 0 Å². The number of rotatable bonds is 5. The van der Waals surface area contributed by atoms with E-state index in [9.17, 15) is 4.79 Å². The van der Waals surface area contributed by atoms with Crippen molar-refractivity contribution in [3.05, 3.63) is 81.9 Å². The predicted molar refractivity (Wildman–Crippen MR) is 132 cm³/mol. The quantitative estimate of drug-likeness (QED) is 0.415. The van der Waals surface area contributed by atoms with E-state index in [1.54, 1.807) is 35.9 Å². The van der Waals surface area contributed by atoms with Crippen molar-refractivity contribution >= 4 is 39.2 Å². The van der Waals surface area contributed by atoms with E-state index in [2.05, 4.69) is 10.1 Å². The van der Waals surface area contributed by atoms with Crippen molar-refractivity contribution < 1.29 is 4.74 Å². The predicted octanol–water partition coefficient (Wildman–Crippen LogP) is 4.59. The maximum absolute atomic E-state index is 13.9. The van der Waals surface area contributed by atoms with Gasteiger partial charge in [0.1, 0.15) is 5.65 Å². The monoisotopic (exact) mass is 459 g/mol. The first-order valence-electron chi connectivity index (χ1n) is 10.5. The van der Waals surface area contributed by atoms with Gasteiger partial charge in [0.05, 0.1) is 35.6 Å². The molecule has 2 N–H and O–H groups in total. The van der Waals surface area contributed by atoms with E-state index < -0.39 is 0 Å². The molecule has 0 fully saturated rings. The summed E-state index contributed by atoms with van der Waals surface area (Å²) in [5.41, 5.74) is 10.7. The molecule has 0 aliphatic heterocycles. The molecule has 0 radical (unpaired) electrons. The third kappa shape index (κ3) is 3.75. The minimum Gasteiger partial charge on any atom is -0.397 e. The molecule has 8 heteroatoms. The first-order valence-corrected chi connectivity index (χ1v) is 10.9. The number of benzene rings is 2. The molecule has 3 heterocycles. The molecule has 5 aromatic rings. The Kier molecular flexibility index (Phi) is 5.36. The molecule has 0 aliphatic rings. The van der Waals surface area contributed by atoms with Gasteiger partial charge in [-0.2, -0.15) is 5.10 Å². The molecule has 0 unspecified atom stereocenters. The SMILES string of the molecule is COCCn1cc2cc(-c3c(N)c4ccc(C)nc4n(-c4ccc(Cl)cc4)c3=O)ccc2n1. The summed E-state index contributed by atoms with van der Waals surface area (Å²) in [4.78, 5) is 18.5. The molecule has 0 amide bonds. The van der Waals surface area contributed by atoms with Crippen LogP contribution in [-0.2, 0) is 11.3 Å². The normalized spacial score (nSPS) is 11.5. The number of aryl methyl sites for hydroxylation is 1. The molecule has 7 nitrogen and oxygen atoms in total. The van der Waals surface area contributed by atoms with Crippen LogP contribution in [0.2, 0.25) is 5.02 Å². The highest BCUT2D eigenvalue weighted by molar-refractivity contribution is 6.30. The zero-order chi connectivity index (χ0) is 23.1. The Morgan fingerprint density at radius 2 is 1.88 bits per heavy atom. The molecule has 0 atom stereocenters. The Balaban J connectivity index is 1.77. The van der Waals surface area contributed by atoms with Gasteiger partial charge in [-0.1, -0.05) is 17.7 Å². The second kappa shape index (κ2) is 8.35. The number of methoxy groups -OCH3 is 1. The number of nitrogens with two attached hydrogens (primary N) is 1. The van der Waals surface area contributed by atoms with Crippen molar-refractivity contribution in [2.24, 2.45) is 0 Å². The fourth-order valence-corrected chi connectivity index (χ4v) is 4.15. The van der Waals surface area contributed by atoms with Crippen LogP contribution in [0.1, 0.15) is 5.69 Å². The molecule has 0 aliphatic carbocycles. The number of nitrogens with zero attached hydrogens (tertiary/aromatic N) is 4. The van der Waals surface area contributed by atoms with Gasteiger partial charge in [-0.15, -0.1) is 0 Å². The zero-order valence-electron chi connectivity index (χ0n) is 18.2. The van der Waals surface area contributed by atoms with Gasteiger partial charge in [-0.05, 0) is 61.0 Å². The van der Waals surface area contributed by atoms with Gasteiger partial charge >= 0.3 is 0 Å². The van der Waals surface area contributed by atoms with E-state index in [4.69, 9.17) is 22.1 Å². The lowest BCUT2D eigenvalue weighted by Gasteiger charge is -2.16. The largest absolute Gasteiger partial charge is 0.397 e. The van der Waals surface area contributed by atoms with Crippen molar-refractivity contribution in [1.82, 2.24) is 19.3 Å². The smallest absolute Gasteiger partial charge is 0.266 e. The first-order chi connectivity index (χ1) is 16.0. The van der Waals surface area contributed by atoms with Gasteiger partial charge in [-0.25, -0.2) is 4.98 Å². The zero-order valence-corrected chi connectivity index (χ0v) is 19.0. The van der Waals surface area contributed by atoms with Crippen LogP contribution in [0.5, 0.6) is 0 Å². The summed E-state index contributed by atoms with van der Waals surface area (Å²) in [7, 11) is 1.66. The number of ether oxygens (including phenoxy) is 1. The summed E-state index contributed by atoms with van der Waals surface area (Å²) in [5, 5.41) is 6.78. The molecule has 0 bridgehead atoms. The van der Waals surface area contributed by atoms with Crippen LogP contribution in [0.15, 0.2) is 65.6 Å². The van der Waals surface area contributed by atoms with Crippen LogP contribution in [0, 0.1) is 6.92 Å². The summed E-state index contributed by atoms with van der Waals surface area (Å²) >= 11 is 6.09. The Morgan fingerprint density at radius 1 is 1.09 bits per heavy atom. The molecule has 3 aromatic heterocycles. The summed E-state index contributed by atoms with van der Waals surface area (Å²) in [6.07, 6.45) is 1.94. The minimum atomic E-state index is -0.244. The molecular weight excluding hydrogens is 438 g/mol. The third-order valence-electron chi connectivity index (χ3n) is 5.65. The second-order valence-corrected chi connectivity index (χ2v) is 8.32. The molecule has 2 aromatic carbocycles. The fourth-order valence-electron chi connectivity index (χ4n) is 4.02. The maximum atomic E-state index is 13.9. The number of aromatic nitrogens is 4. The van der Waals surface area contributed by atoms with Crippen molar-refractivity contribution in [3.8, 4) is 16.8 Å². The molecule has 5 rings (SSSR count). The van der Waals surface area contributed by atoms with Crippen molar-refractivity contribution in [3.63, 3.8) is 0 Å². The lowest BCUT2D eigenvalue weighted by Crippen LogP contribution is -2.23. The van der Waals surface area contributed by atoms with Crippen LogP contribution < -0.4 is 11.3 Å². The summed E-state index contributed by atoms with van der Waals surface area (Å²) in [6, 6.07) is 16.6. The number of hydrogen-bond acceptors (Lipinski definition) is 5. The Bertz CT molecular complexity index is 1550. The second-order valence-electron chi connectivity index (χ2n) is 7.89. The lowest BCUT2D eigenvalue weighted by molar-refractivity contribution is 0.184. The molecule has 0 spiro atoms. The number of nitrogen functional groups attached to an aromatic ring is 1. The van der Waals surface area contributed by atoms with Gasteiger partial charge in [0.15, 0.2) is 0 Å². The third-order valence-corrected chi connectivity index (χ3v) is 5.90. The molecule has 166 valence electrons. The number of pyridine rings is 2. The van der Waals surface area contributed by atoms with Crippen LogP contribution >= 0.6 is 11.6 Å². The highest BCUT2D eigenvalue weighted by Gasteiger charge is 2.19. The van der Waals surface area contributed by atoms with Crippen LogP contribution in [0.3, 0.4) is 0 Å². The first kappa shape index (κ1) is 21.2. The van der Waals surface area contributed by atoms with Crippen LogP contribution in [-0.4, -0.2) is 33.0 Å². The average molecular weight is 460 g/mol. The lowest BCUT2D eigenvalue weighted by atomic mass is 10.0. The fraction of sp³-hybridized carbons (Fsp3) is 0.160. The number of halogens is 1. The summed E-state index contributed by atoms with van der Waals surface area (Å²) in [5.74, 6) is 0. The molecule has 0 saturated heterocycles. The van der Waals surface area contributed by atoms with Crippen molar-refractivity contribution in [1.29, 1.82) is 0 Å². The highest BCUT2D eigenvalue weighted by Crippen LogP contribution is 2.32. The number of anilines is 1. The van der Waals surface area contributed by atoms with Crippen molar-refractivity contribution in [2.45, 2.75) is 13.5 Å². The summed E-state index contributed by atoms with van der Waals surface area (Å²) in [6.45, 7) is 3.10. The molecular formula is C25H22ClN5O2. The van der Waals surface area contributed by atoms with Crippen LogP contribution in [0.4, 0.5) is 5.69 Å². The number of fused-ring (bicyclic) bond motifs is 2. The van der Waals surface area contributed by atoms with Crippen molar-refractivity contribution in [2.75, 3.05) is 19.5 Å². The van der Waals surface area contributed by atoms with Gasteiger partial charge < -0.3 is 10.5 Å². The van der Waals surface area contributed by atoms with E-state index in [1.807, 2.05) is 48.1 Å². The highest BCUT2D eigenvalue weighted by atomic mass is 35.5. The average Bonchev–Trinajstić information content (AvgIpc) is 3.21. The van der Waals surface area contributed by atoms with Crippen LogP contribution in [0.25, 0.3) is 38.8 Å². The van der Waals surface area contributed by atoms with E-state index in [0.29, 0.717) is 46.1 Å². The maximum Gasteiger partial charge on any atom is 0.266 e. The summed E-state index contributed by atoms with van der Waals surface area (Å²) < 4.78 is 8.57. The van der Waals surface area contributed by atoms with Gasteiger partial charge in [0.25, 0.3) is 5.56 Å². The van der Waals surface area contributed by atoms with E-state index in [0.717, 1.165) is 22.2 Å². The van der Waals surface area contributed by atoms with Gasteiger partial charge in [0, 0.05) is 34.8 Å². The topological polar surface area (TPSA) is 88.0 Å². The standard InChI is InChI=1S/C25H22ClN5O2/c1-15-3-9-20-23(27)22(16-4-10-21-17(13-16)14-30(29-21)11-12-33-2)25(32)31(24(20)28-15)19-7-5-18(26)6-8-19/h3-10,13-14H,11-12,27H2,1-2H3. The Labute approximate surface area is 195 Å². The Hall–Kier alpha value is -3.68. The van der Waals surface area contributed by atoms with E-state index in [-0.39, 0.29) is 5.56 Å². The minimum absolute atomic E-state index is 0.244. The number of hydrogen-bond donors (Lipinski definition) is 1. The van der Waals surface area contributed by atoms with E-state index >= 15 is 0 Å². The molecule has 0 saturated carbocycles. The Morgan fingerprint density at radius 3 is 2.64 bits per heavy atom. The van der Waals surface area contributed by atoms with Gasteiger partial charge in [-0.3, -0.25) is 14.0 Å².